The third kappa shape index (κ3) is 4.87. The van der Waals surface area contributed by atoms with Crippen LogP contribution in [0.4, 0.5) is 5.69 Å². The van der Waals surface area contributed by atoms with Crippen molar-refractivity contribution in [2.75, 3.05) is 0 Å². The molecule has 4 nitrogen and oxygen atoms in total. The number of aromatic nitrogens is 1. The van der Waals surface area contributed by atoms with E-state index in [0.717, 1.165) is 11.3 Å². The number of pyridine rings is 1. The standard InChI is InChI=1S/C26H29BrN2O2/c1-15(2)19-11-22(16(3)4)26(23(12-19)17(5)6)24-10-7-18(14-28-24)21-9-8-20(27)13-25(21)29(30)31/h7-17H,1-6H3. The molecule has 0 unspecified atom stereocenters. The van der Waals surface area contributed by atoms with Crippen LogP contribution in [0.1, 0.15) is 76.0 Å². The maximum absolute atomic E-state index is 11.5. The van der Waals surface area contributed by atoms with Crippen molar-refractivity contribution in [3.8, 4) is 22.4 Å². The summed E-state index contributed by atoms with van der Waals surface area (Å²) < 4.78 is 0.681. The predicted octanol–water partition coefficient (Wildman–Crippen LogP) is 8.46. The summed E-state index contributed by atoms with van der Waals surface area (Å²) in [4.78, 5) is 15.9. The normalized spacial score (nSPS) is 11.5. The number of hydrogen-bond acceptors (Lipinski definition) is 3. The molecule has 0 N–H and O–H groups in total. The van der Waals surface area contributed by atoms with Gasteiger partial charge in [0.05, 0.1) is 16.2 Å². The van der Waals surface area contributed by atoms with Gasteiger partial charge in [0.1, 0.15) is 0 Å². The minimum Gasteiger partial charge on any atom is -0.258 e. The fourth-order valence-corrected chi connectivity index (χ4v) is 4.20. The van der Waals surface area contributed by atoms with E-state index in [1.807, 2.05) is 18.2 Å². The molecule has 0 aliphatic carbocycles. The minimum atomic E-state index is -0.355. The van der Waals surface area contributed by atoms with Crippen LogP contribution >= 0.6 is 15.9 Å². The Bertz CT molecular complexity index is 1070. The highest BCUT2D eigenvalue weighted by Crippen LogP contribution is 2.39. The number of halogens is 1. The zero-order chi connectivity index (χ0) is 22.9. The first-order chi connectivity index (χ1) is 14.6. The van der Waals surface area contributed by atoms with E-state index in [4.69, 9.17) is 4.98 Å². The van der Waals surface area contributed by atoms with Gasteiger partial charge in [-0.25, -0.2) is 0 Å². The molecule has 0 spiro atoms. The summed E-state index contributed by atoms with van der Waals surface area (Å²) in [7, 11) is 0. The van der Waals surface area contributed by atoms with Gasteiger partial charge in [0.15, 0.2) is 0 Å². The fourth-order valence-electron chi connectivity index (χ4n) is 3.85. The second-order valence-corrected chi connectivity index (χ2v) is 9.80. The summed E-state index contributed by atoms with van der Waals surface area (Å²) in [5, 5.41) is 11.5. The minimum absolute atomic E-state index is 0.0657. The monoisotopic (exact) mass is 480 g/mol. The summed E-state index contributed by atoms with van der Waals surface area (Å²) in [6.45, 7) is 13.3. The number of nitrogens with zero attached hydrogens (tertiary/aromatic N) is 2. The Hall–Kier alpha value is -2.53. The summed E-state index contributed by atoms with van der Waals surface area (Å²) >= 11 is 3.32. The molecule has 5 heteroatoms. The van der Waals surface area contributed by atoms with Crippen molar-refractivity contribution in [1.82, 2.24) is 4.98 Å². The molecule has 0 saturated heterocycles. The van der Waals surface area contributed by atoms with Crippen LogP contribution < -0.4 is 0 Å². The zero-order valence-corrected chi connectivity index (χ0v) is 20.5. The number of nitro groups is 1. The largest absolute Gasteiger partial charge is 0.278 e. The first kappa shape index (κ1) is 23.1. The zero-order valence-electron chi connectivity index (χ0n) is 18.9. The van der Waals surface area contributed by atoms with Crippen molar-refractivity contribution in [2.24, 2.45) is 0 Å². The topological polar surface area (TPSA) is 56.0 Å². The van der Waals surface area contributed by atoms with E-state index in [-0.39, 0.29) is 10.6 Å². The summed E-state index contributed by atoms with van der Waals surface area (Å²) in [5.74, 6) is 1.18. The molecule has 0 aliphatic rings. The molecule has 162 valence electrons. The van der Waals surface area contributed by atoms with Gasteiger partial charge in [-0.15, -0.1) is 0 Å². The highest BCUT2D eigenvalue weighted by Gasteiger charge is 2.20. The molecule has 0 radical (unpaired) electrons. The lowest BCUT2D eigenvalue weighted by molar-refractivity contribution is -0.384. The van der Waals surface area contributed by atoms with Crippen molar-refractivity contribution in [2.45, 2.75) is 59.3 Å². The van der Waals surface area contributed by atoms with Crippen LogP contribution in [-0.4, -0.2) is 9.91 Å². The van der Waals surface area contributed by atoms with Crippen LogP contribution in [-0.2, 0) is 0 Å². The van der Waals surface area contributed by atoms with E-state index in [2.05, 4.69) is 69.6 Å². The highest BCUT2D eigenvalue weighted by molar-refractivity contribution is 9.10. The molecule has 31 heavy (non-hydrogen) atoms. The van der Waals surface area contributed by atoms with Gasteiger partial charge >= 0.3 is 0 Å². The Balaban J connectivity index is 2.17. The average molecular weight is 481 g/mol. The Kier molecular flexibility index (Phi) is 6.95. The Morgan fingerprint density at radius 2 is 1.48 bits per heavy atom. The van der Waals surface area contributed by atoms with E-state index in [1.54, 1.807) is 12.3 Å². The molecule has 0 saturated carbocycles. The summed E-state index contributed by atoms with van der Waals surface area (Å²) in [6, 6.07) is 13.6. The van der Waals surface area contributed by atoms with Gasteiger partial charge in [0.25, 0.3) is 5.69 Å². The molecule has 2 aromatic carbocycles. The lowest BCUT2D eigenvalue weighted by Crippen LogP contribution is -2.04. The fraction of sp³-hybridized carbons (Fsp3) is 0.346. The van der Waals surface area contributed by atoms with Gasteiger partial charge in [-0.05, 0) is 52.6 Å². The first-order valence-electron chi connectivity index (χ1n) is 10.7. The van der Waals surface area contributed by atoms with Crippen LogP contribution in [0.25, 0.3) is 22.4 Å². The lowest BCUT2D eigenvalue weighted by Gasteiger charge is -2.22. The van der Waals surface area contributed by atoms with Gasteiger partial charge in [0.2, 0.25) is 0 Å². The van der Waals surface area contributed by atoms with Crippen molar-refractivity contribution >= 4 is 21.6 Å². The molecule has 1 aromatic heterocycles. The molecular formula is C26H29BrN2O2. The van der Waals surface area contributed by atoms with E-state index < -0.39 is 0 Å². The molecule has 0 aliphatic heterocycles. The van der Waals surface area contributed by atoms with E-state index in [0.29, 0.717) is 27.8 Å². The third-order valence-corrected chi connectivity index (χ3v) is 6.11. The third-order valence-electron chi connectivity index (χ3n) is 5.62. The van der Waals surface area contributed by atoms with Crippen molar-refractivity contribution in [3.05, 3.63) is 79.9 Å². The SMILES string of the molecule is CC(C)c1cc(C(C)C)c(-c2ccc(-c3ccc(Br)cc3[N+](=O)[O-])cn2)c(C(C)C)c1. The highest BCUT2D eigenvalue weighted by atomic mass is 79.9. The first-order valence-corrected chi connectivity index (χ1v) is 11.5. The second-order valence-electron chi connectivity index (χ2n) is 8.89. The molecular weight excluding hydrogens is 452 g/mol. The molecule has 0 fully saturated rings. The summed E-state index contributed by atoms with van der Waals surface area (Å²) in [5.41, 5.74) is 7.40. The average Bonchev–Trinajstić information content (AvgIpc) is 2.72. The predicted molar refractivity (Wildman–Crippen MR) is 132 cm³/mol. The van der Waals surface area contributed by atoms with Crippen molar-refractivity contribution in [1.29, 1.82) is 0 Å². The number of rotatable bonds is 6. The molecule has 3 rings (SSSR count). The summed E-state index contributed by atoms with van der Waals surface area (Å²) in [6.07, 6.45) is 1.75. The van der Waals surface area contributed by atoms with E-state index in [9.17, 15) is 10.1 Å². The molecule has 0 amide bonds. The number of hydrogen-bond donors (Lipinski definition) is 0. The molecule has 1 heterocycles. The second kappa shape index (κ2) is 9.31. The Morgan fingerprint density at radius 3 is 1.94 bits per heavy atom. The van der Waals surface area contributed by atoms with Crippen LogP contribution in [0.3, 0.4) is 0 Å². The van der Waals surface area contributed by atoms with Gasteiger partial charge in [-0.1, -0.05) is 75.7 Å². The smallest absolute Gasteiger partial charge is 0.258 e. The van der Waals surface area contributed by atoms with Gasteiger partial charge in [-0.3, -0.25) is 15.1 Å². The Labute approximate surface area is 193 Å². The quantitative estimate of drug-likeness (QED) is 0.262. The maximum atomic E-state index is 11.5. The Morgan fingerprint density at radius 1 is 0.871 bits per heavy atom. The van der Waals surface area contributed by atoms with Gasteiger partial charge in [-0.2, -0.15) is 0 Å². The molecule has 3 aromatic rings. The molecule has 0 atom stereocenters. The van der Waals surface area contributed by atoms with Crippen LogP contribution in [0.2, 0.25) is 0 Å². The number of benzene rings is 2. The van der Waals surface area contributed by atoms with Crippen molar-refractivity contribution in [3.63, 3.8) is 0 Å². The van der Waals surface area contributed by atoms with Crippen LogP contribution in [0.5, 0.6) is 0 Å². The van der Waals surface area contributed by atoms with E-state index >= 15 is 0 Å². The van der Waals surface area contributed by atoms with Gasteiger partial charge in [0, 0.05) is 27.9 Å². The number of nitro benzene ring substituents is 1. The van der Waals surface area contributed by atoms with Gasteiger partial charge < -0.3 is 0 Å². The molecule has 0 bridgehead atoms. The van der Waals surface area contributed by atoms with Crippen LogP contribution in [0, 0.1) is 10.1 Å². The maximum Gasteiger partial charge on any atom is 0.278 e. The van der Waals surface area contributed by atoms with E-state index in [1.165, 1.54) is 28.3 Å². The van der Waals surface area contributed by atoms with Crippen molar-refractivity contribution < 1.29 is 4.92 Å². The lowest BCUT2D eigenvalue weighted by atomic mass is 9.83. The van der Waals surface area contributed by atoms with Crippen LogP contribution in [0.15, 0.2) is 53.1 Å².